The molecular formula is C16H20N4O. The Balaban J connectivity index is 1.69. The molecule has 1 fully saturated rings. The van der Waals surface area contributed by atoms with E-state index in [2.05, 4.69) is 53.0 Å². The van der Waals surface area contributed by atoms with Crippen LogP contribution in [0.15, 0.2) is 36.7 Å². The Kier molecular flexibility index (Phi) is 3.64. The average Bonchev–Trinajstić information content (AvgIpc) is 3.01. The van der Waals surface area contributed by atoms with Crippen LogP contribution < -0.4 is 4.90 Å². The summed E-state index contributed by atoms with van der Waals surface area (Å²) in [6, 6.07) is 8.71. The third-order valence-electron chi connectivity index (χ3n) is 3.99. The van der Waals surface area contributed by atoms with Crippen LogP contribution >= 0.6 is 0 Å². The van der Waals surface area contributed by atoms with Crippen LogP contribution in [0.5, 0.6) is 0 Å². The van der Waals surface area contributed by atoms with E-state index >= 15 is 0 Å². The van der Waals surface area contributed by atoms with Gasteiger partial charge in [0.2, 0.25) is 0 Å². The summed E-state index contributed by atoms with van der Waals surface area (Å²) in [6.07, 6.45) is 3.29. The highest BCUT2D eigenvalue weighted by Crippen LogP contribution is 2.20. The van der Waals surface area contributed by atoms with Crippen molar-refractivity contribution in [2.45, 2.75) is 19.9 Å². The van der Waals surface area contributed by atoms with Gasteiger partial charge in [0, 0.05) is 43.8 Å². The van der Waals surface area contributed by atoms with Gasteiger partial charge in [-0.3, -0.25) is 4.79 Å². The number of amides is 1. The number of aryl methyl sites for hydroxylation is 1. The molecule has 1 aliphatic heterocycles. The molecule has 1 unspecified atom stereocenters. The van der Waals surface area contributed by atoms with Crippen molar-refractivity contribution in [3.8, 4) is 0 Å². The zero-order valence-electron chi connectivity index (χ0n) is 12.4. The lowest BCUT2D eigenvalue weighted by Crippen LogP contribution is -2.54. The molecule has 1 saturated heterocycles. The Bertz CT molecular complexity index is 606. The first kappa shape index (κ1) is 13.7. The van der Waals surface area contributed by atoms with Gasteiger partial charge in [-0.1, -0.05) is 17.7 Å². The predicted octanol–water partition coefficient (Wildman–Crippen LogP) is 2.07. The van der Waals surface area contributed by atoms with Crippen molar-refractivity contribution in [3.05, 3.63) is 48.0 Å². The Hall–Kier alpha value is -2.30. The number of rotatable bonds is 2. The van der Waals surface area contributed by atoms with E-state index in [-0.39, 0.29) is 11.9 Å². The first-order valence-corrected chi connectivity index (χ1v) is 7.27. The number of aromatic amines is 1. The van der Waals surface area contributed by atoms with Gasteiger partial charge in [-0.05, 0) is 26.0 Å². The SMILES string of the molecule is Cc1ccc(N2CCN(C(=O)c3ncc[nH]3)C(C)C2)cc1. The fourth-order valence-corrected chi connectivity index (χ4v) is 2.77. The topological polar surface area (TPSA) is 52.2 Å². The van der Waals surface area contributed by atoms with E-state index < -0.39 is 0 Å². The largest absolute Gasteiger partial charge is 0.368 e. The number of anilines is 1. The molecule has 0 radical (unpaired) electrons. The third-order valence-corrected chi connectivity index (χ3v) is 3.99. The number of nitrogens with zero attached hydrogens (tertiary/aromatic N) is 3. The highest BCUT2D eigenvalue weighted by Gasteiger charge is 2.29. The fraction of sp³-hybridized carbons (Fsp3) is 0.375. The third kappa shape index (κ3) is 2.77. The molecule has 5 nitrogen and oxygen atoms in total. The molecule has 1 aliphatic rings. The van der Waals surface area contributed by atoms with Gasteiger partial charge in [-0.25, -0.2) is 4.98 Å². The molecule has 1 N–H and O–H groups in total. The number of hydrogen-bond donors (Lipinski definition) is 1. The van der Waals surface area contributed by atoms with Crippen molar-refractivity contribution < 1.29 is 4.79 Å². The van der Waals surface area contributed by atoms with Gasteiger partial charge in [0.05, 0.1) is 0 Å². The molecule has 2 aromatic rings. The van der Waals surface area contributed by atoms with Gasteiger partial charge >= 0.3 is 0 Å². The molecule has 2 heterocycles. The molecule has 0 spiro atoms. The summed E-state index contributed by atoms with van der Waals surface area (Å²) in [7, 11) is 0. The minimum atomic E-state index is -0.0175. The quantitative estimate of drug-likeness (QED) is 0.918. The molecule has 110 valence electrons. The van der Waals surface area contributed by atoms with E-state index in [9.17, 15) is 4.79 Å². The number of carbonyl (C=O) groups is 1. The zero-order valence-corrected chi connectivity index (χ0v) is 12.4. The summed E-state index contributed by atoms with van der Waals surface area (Å²) in [5.74, 6) is 0.404. The van der Waals surface area contributed by atoms with E-state index in [1.54, 1.807) is 12.4 Å². The number of imidazole rings is 1. The second-order valence-corrected chi connectivity index (χ2v) is 5.57. The smallest absolute Gasteiger partial charge is 0.290 e. The highest BCUT2D eigenvalue weighted by molar-refractivity contribution is 5.90. The number of aromatic nitrogens is 2. The molecule has 1 aromatic carbocycles. The number of hydrogen-bond acceptors (Lipinski definition) is 3. The van der Waals surface area contributed by atoms with Gasteiger partial charge in [0.25, 0.3) is 5.91 Å². The van der Waals surface area contributed by atoms with Crippen LogP contribution in [-0.2, 0) is 0 Å². The monoisotopic (exact) mass is 284 g/mol. The summed E-state index contributed by atoms with van der Waals surface area (Å²) in [4.78, 5) is 23.5. The minimum Gasteiger partial charge on any atom is -0.368 e. The van der Waals surface area contributed by atoms with Crippen molar-refractivity contribution in [1.29, 1.82) is 0 Å². The summed E-state index contributed by atoms with van der Waals surface area (Å²) in [5.41, 5.74) is 2.48. The van der Waals surface area contributed by atoms with Crippen molar-refractivity contribution >= 4 is 11.6 Å². The molecule has 0 saturated carbocycles. The highest BCUT2D eigenvalue weighted by atomic mass is 16.2. The summed E-state index contributed by atoms with van der Waals surface area (Å²) in [6.45, 7) is 6.58. The molecule has 5 heteroatoms. The Morgan fingerprint density at radius 2 is 2.05 bits per heavy atom. The maximum atomic E-state index is 12.4. The van der Waals surface area contributed by atoms with Crippen LogP contribution in [0.4, 0.5) is 5.69 Å². The van der Waals surface area contributed by atoms with Gasteiger partial charge in [0.1, 0.15) is 0 Å². The second-order valence-electron chi connectivity index (χ2n) is 5.57. The van der Waals surface area contributed by atoms with Gasteiger partial charge in [-0.2, -0.15) is 0 Å². The van der Waals surface area contributed by atoms with Crippen molar-refractivity contribution in [1.82, 2.24) is 14.9 Å². The predicted molar refractivity (Wildman–Crippen MR) is 82.5 cm³/mol. The van der Waals surface area contributed by atoms with Crippen LogP contribution in [0.2, 0.25) is 0 Å². The molecule has 3 rings (SSSR count). The zero-order chi connectivity index (χ0) is 14.8. The van der Waals surface area contributed by atoms with E-state index in [1.165, 1.54) is 11.3 Å². The van der Waals surface area contributed by atoms with E-state index in [0.29, 0.717) is 12.4 Å². The van der Waals surface area contributed by atoms with Gasteiger partial charge in [0.15, 0.2) is 5.82 Å². The minimum absolute atomic E-state index is 0.0175. The fourth-order valence-electron chi connectivity index (χ4n) is 2.77. The summed E-state index contributed by atoms with van der Waals surface area (Å²) >= 11 is 0. The summed E-state index contributed by atoms with van der Waals surface area (Å²) in [5, 5.41) is 0. The normalized spacial score (nSPS) is 18.9. The first-order valence-electron chi connectivity index (χ1n) is 7.27. The van der Waals surface area contributed by atoms with E-state index in [4.69, 9.17) is 0 Å². The Labute approximate surface area is 124 Å². The lowest BCUT2D eigenvalue weighted by Gasteiger charge is -2.40. The first-order chi connectivity index (χ1) is 10.1. The lowest BCUT2D eigenvalue weighted by molar-refractivity contribution is 0.0662. The Morgan fingerprint density at radius 1 is 1.29 bits per heavy atom. The van der Waals surface area contributed by atoms with Crippen molar-refractivity contribution in [3.63, 3.8) is 0 Å². The molecule has 21 heavy (non-hydrogen) atoms. The maximum absolute atomic E-state index is 12.4. The number of H-pyrrole nitrogens is 1. The van der Waals surface area contributed by atoms with Crippen molar-refractivity contribution in [2.24, 2.45) is 0 Å². The second kappa shape index (κ2) is 5.60. The van der Waals surface area contributed by atoms with Crippen molar-refractivity contribution in [2.75, 3.05) is 24.5 Å². The molecule has 1 amide bonds. The van der Waals surface area contributed by atoms with Gasteiger partial charge < -0.3 is 14.8 Å². The molecular weight excluding hydrogens is 264 g/mol. The van der Waals surface area contributed by atoms with E-state index in [0.717, 1.165) is 13.1 Å². The van der Waals surface area contributed by atoms with Crippen LogP contribution in [0.3, 0.4) is 0 Å². The molecule has 0 aliphatic carbocycles. The lowest BCUT2D eigenvalue weighted by atomic mass is 10.1. The number of carbonyl (C=O) groups excluding carboxylic acids is 1. The Morgan fingerprint density at radius 3 is 2.67 bits per heavy atom. The molecule has 0 bridgehead atoms. The number of benzene rings is 1. The van der Waals surface area contributed by atoms with Crippen LogP contribution in [0, 0.1) is 6.92 Å². The molecule has 1 aromatic heterocycles. The van der Waals surface area contributed by atoms with E-state index in [1.807, 2.05) is 4.90 Å². The van der Waals surface area contributed by atoms with Crippen LogP contribution in [-0.4, -0.2) is 46.5 Å². The molecule has 1 atom stereocenters. The van der Waals surface area contributed by atoms with Gasteiger partial charge in [-0.15, -0.1) is 0 Å². The average molecular weight is 284 g/mol. The number of nitrogens with one attached hydrogen (secondary N) is 1. The number of piperazine rings is 1. The summed E-state index contributed by atoms with van der Waals surface area (Å²) < 4.78 is 0. The maximum Gasteiger partial charge on any atom is 0.290 e. The van der Waals surface area contributed by atoms with Crippen LogP contribution in [0.1, 0.15) is 23.1 Å². The van der Waals surface area contributed by atoms with Crippen LogP contribution in [0.25, 0.3) is 0 Å². The standard InChI is InChI=1S/C16H20N4O/c1-12-3-5-14(6-4-12)19-9-10-20(13(2)11-19)16(21)15-17-7-8-18-15/h3-8,13H,9-11H2,1-2H3,(H,17,18).